The van der Waals surface area contributed by atoms with Crippen molar-refractivity contribution in [1.29, 1.82) is 0 Å². The molecule has 1 heterocycles. The predicted octanol–water partition coefficient (Wildman–Crippen LogP) is 4.26. The van der Waals surface area contributed by atoms with Crippen LogP contribution < -0.4 is 10.1 Å². The van der Waals surface area contributed by atoms with Gasteiger partial charge in [0.25, 0.3) is 0 Å². The number of hydrogen-bond donors (Lipinski definition) is 1. The highest BCUT2D eigenvalue weighted by Crippen LogP contribution is 2.38. The minimum Gasteiger partial charge on any atom is -0.493 e. The van der Waals surface area contributed by atoms with Crippen LogP contribution >= 0.6 is 0 Å². The summed E-state index contributed by atoms with van der Waals surface area (Å²) in [4.78, 5) is 12.3. The zero-order valence-corrected chi connectivity index (χ0v) is 16.7. The van der Waals surface area contributed by atoms with Crippen LogP contribution in [0, 0.1) is 0 Å². The largest absolute Gasteiger partial charge is 0.493 e. The van der Waals surface area contributed by atoms with E-state index in [-0.39, 0.29) is 11.9 Å². The average molecular weight is 371 g/mol. The van der Waals surface area contributed by atoms with Crippen molar-refractivity contribution in [3.63, 3.8) is 0 Å². The van der Waals surface area contributed by atoms with Crippen LogP contribution in [0.1, 0.15) is 50.5 Å². The first kappa shape index (κ1) is 19.5. The molecule has 2 aromatic rings. The lowest BCUT2D eigenvalue weighted by molar-refractivity contribution is -0.117. The molecular weight excluding hydrogens is 342 g/mol. The Bertz CT molecular complexity index is 850. The number of benzene rings is 1. The number of hydrogen-bond acceptors (Lipinski definition) is 4. The van der Waals surface area contributed by atoms with Crippen LogP contribution in [0.15, 0.2) is 22.6 Å². The summed E-state index contributed by atoms with van der Waals surface area (Å²) in [5.41, 5.74) is 3.99. The Balaban J connectivity index is 1.96. The van der Waals surface area contributed by atoms with E-state index in [1.807, 2.05) is 26.8 Å². The Hall–Kier alpha value is -2.27. The Morgan fingerprint density at radius 2 is 2.11 bits per heavy atom. The fourth-order valence-electron chi connectivity index (χ4n) is 3.72. The van der Waals surface area contributed by atoms with E-state index in [9.17, 15) is 4.79 Å². The van der Waals surface area contributed by atoms with E-state index < -0.39 is 0 Å². The summed E-state index contributed by atoms with van der Waals surface area (Å²) in [6, 6.07) is 4.04. The molecule has 5 nitrogen and oxygen atoms in total. The molecule has 0 fully saturated rings. The fourth-order valence-corrected chi connectivity index (χ4v) is 3.72. The third-order valence-electron chi connectivity index (χ3n) is 4.93. The molecule has 0 spiro atoms. The Kier molecular flexibility index (Phi) is 6.22. The van der Waals surface area contributed by atoms with Crippen LogP contribution in [0.25, 0.3) is 16.5 Å². The summed E-state index contributed by atoms with van der Waals surface area (Å²) in [5, 5.41) is 4.06. The number of aryl methyl sites for hydroxylation is 2. The first-order chi connectivity index (χ1) is 13.0. The van der Waals surface area contributed by atoms with Crippen molar-refractivity contribution in [1.82, 2.24) is 5.32 Å². The van der Waals surface area contributed by atoms with Gasteiger partial charge < -0.3 is 19.2 Å². The molecular formula is C22H29NO4. The van der Waals surface area contributed by atoms with Crippen molar-refractivity contribution in [3.8, 4) is 5.75 Å². The smallest absolute Gasteiger partial charge is 0.244 e. The molecule has 27 heavy (non-hydrogen) atoms. The second kappa shape index (κ2) is 8.61. The number of amides is 1. The molecule has 0 radical (unpaired) electrons. The van der Waals surface area contributed by atoms with E-state index >= 15 is 0 Å². The molecule has 1 unspecified atom stereocenters. The highest BCUT2D eigenvalue weighted by Gasteiger charge is 2.20. The van der Waals surface area contributed by atoms with E-state index in [2.05, 4.69) is 11.4 Å². The van der Waals surface area contributed by atoms with Crippen LogP contribution in [0.2, 0.25) is 0 Å². The van der Waals surface area contributed by atoms with Gasteiger partial charge in [-0.2, -0.15) is 0 Å². The van der Waals surface area contributed by atoms with Crippen molar-refractivity contribution in [2.24, 2.45) is 0 Å². The number of nitrogens with one attached hydrogen (secondary N) is 1. The maximum atomic E-state index is 12.3. The monoisotopic (exact) mass is 371 g/mol. The first-order valence-electron chi connectivity index (χ1n) is 9.72. The zero-order valence-electron chi connectivity index (χ0n) is 16.7. The van der Waals surface area contributed by atoms with Gasteiger partial charge in [0.05, 0.1) is 13.2 Å². The van der Waals surface area contributed by atoms with Gasteiger partial charge in [-0.05, 0) is 51.7 Å². The van der Waals surface area contributed by atoms with Crippen molar-refractivity contribution < 1.29 is 18.7 Å². The summed E-state index contributed by atoms with van der Waals surface area (Å²) in [6.07, 6.45) is 6.05. The third-order valence-corrected chi connectivity index (χ3v) is 4.93. The number of furan rings is 1. The number of carbonyl (C=O) groups excluding carboxylic acids is 1. The van der Waals surface area contributed by atoms with Gasteiger partial charge in [0, 0.05) is 48.2 Å². The van der Waals surface area contributed by atoms with E-state index in [1.54, 1.807) is 13.2 Å². The predicted molar refractivity (Wildman–Crippen MR) is 107 cm³/mol. The molecule has 1 aromatic carbocycles. The minimum absolute atomic E-state index is 0.0405. The molecule has 1 aliphatic rings. The van der Waals surface area contributed by atoms with E-state index in [0.29, 0.717) is 13.2 Å². The van der Waals surface area contributed by atoms with Crippen LogP contribution in [0.4, 0.5) is 0 Å². The van der Waals surface area contributed by atoms with Crippen LogP contribution in [-0.2, 0) is 22.4 Å². The molecule has 1 N–H and O–H groups in total. The Morgan fingerprint density at radius 3 is 2.85 bits per heavy atom. The highest BCUT2D eigenvalue weighted by atomic mass is 16.5. The van der Waals surface area contributed by atoms with Crippen LogP contribution in [-0.4, -0.2) is 32.3 Å². The van der Waals surface area contributed by atoms with E-state index in [1.165, 1.54) is 18.4 Å². The van der Waals surface area contributed by atoms with Gasteiger partial charge >= 0.3 is 0 Å². The SMILES string of the molecule is CCOc1cc2oc3c(c2cc1/C(C)=C/C(=O)NC(C)COC)CCCC3. The summed E-state index contributed by atoms with van der Waals surface area (Å²) >= 11 is 0. The van der Waals surface area contributed by atoms with Gasteiger partial charge in [-0.15, -0.1) is 0 Å². The molecule has 0 aliphatic heterocycles. The van der Waals surface area contributed by atoms with Gasteiger partial charge in [0.1, 0.15) is 17.1 Å². The van der Waals surface area contributed by atoms with Gasteiger partial charge in [-0.1, -0.05) is 0 Å². The molecule has 1 aromatic heterocycles. The van der Waals surface area contributed by atoms with Crippen molar-refractivity contribution >= 4 is 22.4 Å². The van der Waals surface area contributed by atoms with Crippen molar-refractivity contribution in [2.45, 2.75) is 52.5 Å². The normalized spacial score (nSPS) is 15.5. The average Bonchev–Trinajstić information content (AvgIpc) is 2.98. The Labute approximate surface area is 160 Å². The molecule has 0 saturated heterocycles. The van der Waals surface area contributed by atoms with E-state index in [0.717, 1.165) is 46.5 Å². The van der Waals surface area contributed by atoms with Crippen molar-refractivity contribution in [3.05, 3.63) is 35.1 Å². The second-order valence-electron chi connectivity index (χ2n) is 7.18. The Morgan fingerprint density at radius 1 is 1.33 bits per heavy atom. The number of fused-ring (bicyclic) bond motifs is 3. The summed E-state index contributed by atoms with van der Waals surface area (Å²) in [5.74, 6) is 1.72. The number of allylic oxidation sites excluding steroid dienone is 1. The first-order valence-corrected chi connectivity index (χ1v) is 9.72. The van der Waals surface area contributed by atoms with E-state index in [4.69, 9.17) is 13.9 Å². The highest BCUT2D eigenvalue weighted by molar-refractivity contribution is 5.97. The number of methoxy groups -OCH3 is 1. The lowest BCUT2D eigenvalue weighted by Gasteiger charge is -2.13. The zero-order chi connectivity index (χ0) is 19.4. The standard InChI is InChI=1S/C22H29NO4/c1-5-26-20-12-21-18(16-8-6-7-9-19(16)27-21)11-17(20)14(2)10-22(24)23-15(3)13-25-4/h10-12,15H,5-9,13H2,1-4H3,(H,23,24)/b14-10+. The summed E-state index contributed by atoms with van der Waals surface area (Å²) in [7, 11) is 1.62. The topological polar surface area (TPSA) is 60.7 Å². The van der Waals surface area contributed by atoms with Gasteiger partial charge in [-0.3, -0.25) is 4.79 Å². The molecule has 0 bridgehead atoms. The summed E-state index contributed by atoms with van der Waals surface area (Å²) in [6.45, 7) is 6.86. The molecule has 3 rings (SSSR count). The number of rotatable bonds is 7. The van der Waals surface area contributed by atoms with Crippen LogP contribution in [0.5, 0.6) is 5.75 Å². The maximum absolute atomic E-state index is 12.3. The van der Waals surface area contributed by atoms with Gasteiger partial charge in [0.2, 0.25) is 5.91 Å². The molecule has 5 heteroatoms. The maximum Gasteiger partial charge on any atom is 0.244 e. The lowest BCUT2D eigenvalue weighted by Crippen LogP contribution is -2.34. The quantitative estimate of drug-likeness (QED) is 0.739. The molecule has 1 atom stereocenters. The molecule has 0 saturated carbocycles. The summed E-state index contributed by atoms with van der Waals surface area (Å²) < 4.78 is 17.0. The molecule has 146 valence electrons. The van der Waals surface area contributed by atoms with Gasteiger partial charge in [-0.25, -0.2) is 0 Å². The van der Waals surface area contributed by atoms with Crippen LogP contribution in [0.3, 0.4) is 0 Å². The molecule has 1 aliphatic carbocycles. The van der Waals surface area contributed by atoms with Gasteiger partial charge in [0.15, 0.2) is 0 Å². The lowest BCUT2D eigenvalue weighted by atomic mass is 9.94. The second-order valence-corrected chi connectivity index (χ2v) is 7.18. The number of carbonyl (C=O) groups is 1. The fraction of sp³-hybridized carbons (Fsp3) is 0.500. The van der Waals surface area contributed by atoms with Crippen molar-refractivity contribution in [2.75, 3.05) is 20.3 Å². The number of ether oxygens (including phenoxy) is 2. The minimum atomic E-state index is -0.131. The third kappa shape index (κ3) is 4.35. The molecule has 1 amide bonds.